The molecule has 0 saturated carbocycles. The maximum absolute atomic E-state index is 12.5. The molecule has 3 aliphatic rings. The van der Waals surface area contributed by atoms with Gasteiger partial charge in [0, 0.05) is 31.7 Å². The number of nitrogens with zero attached hydrogens (tertiary/aromatic N) is 2. The van der Waals surface area contributed by atoms with E-state index in [0.717, 1.165) is 44.5 Å². The molecule has 25 heavy (non-hydrogen) atoms. The standard InChI is InChI=1S/C18H27N3O3S/c1-24-15-4-5-16-13(9-15)6-8-20-11-14-3-2-7-21(25(22,23)12-19)17(14)10-18(16)20/h4-5,9,14,17-18H,2-3,6-8,10-12,19H2,1H3/t14-,17+,18+/m1/s1. The maximum atomic E-state index is 12.5. The van der Waals surface area contributed by atoms with E-state index in [4.69, 9.17) is 10.5 Å². The van der Waals surface area contributed by atoms with E-state index < -0.39 is 10.0 Å². The average molecular weight is 365 g/mol. The number of rotatable bonds is 3. The zero-order valence-electron chi connectivity index (χ0n) is 14.7. The van der Waals surface area contributed by atoms with Gasteiger partial charge in [-0.3, -0.25) is 4.90 Å². The van der Waals surface area contributed by atoms with Crippen LogP contribution in [0.25, 0.3) is 0 Å². The second-order valence-corrected chi connectivity index (χ2v) is 9.39. The summed E-state index contributed by atoms with van der Waals surface area (Å²) in [5, 5.41) is 0. The maximum Gasteiger partial charge on any atom is 0.227 e. The van der Waals surface area contributed by atoms with Gasteiger partial charge in [-0.1, -0.05) is 6.07 Å². The van der Waals surface area contributed by atoms with Crippen molar-refractivity contribution in [2.24, 2.45) is 11.7 Å². The number of fused-ring (bicyclic) bond motifs is 4. The summed E-state index contributed by atoms with van der Waals surface area (Å²) in [6.45, 7) is 2.64. The lowest BCUT2D eigenvalue weighted by Crippen LogP contribution is -2.58. The van der Waals surface area contributed by atoms with Crippen molar-refractivity contribution in [1.29, 1.82) is 0 Å². The molecule has 4 rings (SSSR count). The number of ether oxygens (including phenoxy) is 1. The van der Waals surface area contributed by atoms with E-state index in [-0.39, 0.29) is 11.9 Å². The van der Waals surface area contributed by atoms with E-state index in [0.29, 0.717) is 18.5 Å². The lowest BCUT2D eigenvalue weighted by atomic mass is 9.77. The molecule has 3 atom stereocenters. The van der Waals surface area contributed by atoms with Crippen molar-refractivity contribution in [3.05, 3.63) is 29.3 Å². The molecule has 1 aromatic rings. The summed E-state index contributed by atoms with van der Waals surface area (Å²) >= 11 is 0. The Bertz CT molecular complexity index is 752. The van der Waals surface area contributed by atoms with Gasteiger partial charge in [0.25, 0.3) is 0 Å². The molecular formula is C18H27N3O3S. The Morgan fingerprint density at radius 3 is 2.92 bits per heavy atom. The van der Waals surface area contributed by atoms with Crippen molar-refractivity contribution < 1.29 is 13.2 Å². The van der Waals surface area contributed by atoms with Gasteiger partial charge < -0.3 is 10.5 Å². The van der Waals surface area contributed by atoms with Gasteiger partial charge in [0.05, 0.1) is 7.11 Å². The Morgan fingerprint density at radius 2 is 2.16 bits per heavy atom. The summed E-state index contributed by atoms with van der Waals surface area (Å²) in [5.41, 5.74) is 8.22. The third-order valence-corrected chi connectivity index (χ3v) is 7.78. The molecule has 3 aliphatic heterocycles. The largest absolute Gasteiger partial charge is 0.497 e. The molecular weight excluding hydrogens is 338 g/mol. The van der Waals surface area contributed by atoms with Crippen molar-refractivity contribution in [1.82, 2.24) is 9.21 Å². The van der Waals surface area contributed by atoms with Crippen LogP contribution in [-0.4, -0.2) is 56.3 Å². The van der Waals surface area contributed by atoms with E-state index >= 15 is 0 Å². The SMILES string of the molecule is COc1ccc2c(c1)CCN1C[C@H]3CCCN(S(=O)(=O)CN)[C@H]3C[C@@H]21. The molecule has 1 aromatic carbocycles. The average Bonchev–Trinajstić information content (AvgIpc) is 2.65. The highest BCUT2D eigenvalue weighted by molar-refractivity contribution is 7.89. The first-order valence-corrected chi connectivity index (χ1v) is 10.7. The number of hydrogen-bond acceptors (Lipinski definition) is 5. The number of hydrogen-bond donors (Lipinski definition) is 1. The summed E-state index contributed by atoms with van der Waals surface area (Å²) in [4.78, 5) is 2.55. The van der Waals surface area contributed by atoms with E-state index in [9.17, 15) is 8.42 Å². The molecule has 2 N–H and O–H groups in total. The van der Waals surface area contributed by atoms with Crippen LogP contribution in [0.15, 0.2) is 18.2 Å². The second-order valence-electron chi connectivity index (χ2n) is 7.42. The van der Waals surface area contributed by atoms with Gasteiger partial charge in [-0.25, -0.2) is 8.42 Å². The molecule has 6 nitrogen and oxygen atoms in total. The predicted octanol–water partition coefficient (Wildman–Crippen LogP) is 1.32. The van der Waals surface area contributed by atoms with Crippen molar-refractivity contribution in [2.45, 2.75) is 37.8 Å². The molecule has 0 aromatic heterocycles. The number of methoxy groups -OCH3 is 1. The van der Waals surface area contributed by atoms with Crippen LogP contribution in [0.4, 0.5) is 0 Å². The topological polar surface area (TPSA) is 75.9 Å². The molecule has 0 bridgehead atoms. The molecule has 3 heterocycles. The fourth-order valence-corrected chi connectivity index (χ4v) is 6.23. The number of benzene rings is 1. The number of sulfonamides is 1. The fourth-order valence-electron chi connectivity index (χ4n) is 4.96. The Kier molecular flexibility index (Phi) is 4.52. The van der Waals surface area contributed by atoms with Crippen LogP contribution < -0.4 is 10.5 Å². The van der Waals surface area contributed by atoms with Gasteiger partial charge in [-0.15, -0.1) is 0 Å². The molecule has 0 radical (unpaired) electrons. The lowest BCUT2D eigenvalue weighted by Gasteiger charge is -2.51. The van der Waals surface area contributed by atoms with Gasteiger partial charge in [-0.05, 0) is 54.9 Å². The van der Waals surface area contributed by atoms with Gasteiger partial charge in [0.15, 0.2) is 0 Å². The van der Waals surface area contributed by atoms with Crippen LogP contribution in [-0.2, 0) is 16.4 Å². The van der Waals surface area contributed by atoms with E-state index in [1.807, 2.05) is 6.07 Å². The second kappa shape index (κ2) is 6.54. The van der Waals surface area contributed by atoms with E-state index in [2.05, 4.69) is 17.0 Å². The Labute approximate surface area is 150 Å². The first-order chi connectivity index (χ1) is 12.0. The van der Waals surface area contributed by atoms with Crippen molar-refractivity contribution in [3.8, 4) is 5.75 Å². The summed E-state index contributed by atoms with van der Waals surface area (Å²) < 4.78 is 32.0. The normalized spacial score (nSPS) is 30.2. The summed E-state index contributed by atoms with van der Waals surface area (Å²) in [6, 6.07) is 6.69. The minimum absolute atomic E-state index is 0.0802. The summed E-state index contributed by atoms with van der Waals surface area (Å²) in [5.74, 6) is 1.02. The number of piperidine rings is 2. The molecule has 0 spiro atoms. The van der Waals surface area contributed by atoms with Crippen LogP contribution >= 0.6 is 0 Å². The molecule has 7 heteroatoms. The Morgan fingerprint density at radius 1 is 1.32 bits per heavy atom. The Hall–Kier alpha value is -1.15. The quantitative estimate of drug-likeness (QED) is 0.874. The molecule has 0 aliphatic carbocycles. The van der Waals surface area contributed by atoms with Crippen LogP contribution in [0.2, 0.25) is 0 Å². The van der Waals surface area contributed by atoms with Crippen molar-refractivity contribution in [3.63, 3.8) is 0 Å². The lowest BCUT2D eigenvalue weighted by molar-refractivity contribution is 0.0220. The highest BCUT2D eigenvalue weighted by atomic mass is 32.2. The van der Waals surface area contributed by atoms with Gasteiger partial charge in [0.1, 0.15) is 11.6 Å². The molecule has 2 fully saturated rings. The monoisotopic (exact) mass is 365 g/mol. The summed E-state index contributed by atoms with van der Waals surface area (Å²) in [7, 11) is -1.65. The predicted molar refractivity (Wildman–Crippen MR) is 96.8 cm³/mol. The third kappa shape index (κ3) is 2.97. The Balaban J connectivity index is 1.65. The van der Waals surface area contributed by atoms with Crippen LogP contribution in [0.5, 0.6) is 5.75 Å². The van der Waals surface area contributed by atoms with Gasteiger partial charge >= 0.3 is 0 Å². The van der Waals surface area contributed by atoms with Crippen LogP contribution in [0.1, 0.15) is 36.4 Å². The minimum atomic E-state index is -3.34. The summed E-state index contributed by atoms with van der Waals surface area (Å²) in [6.07, 6.45) is 3.95. The van der Waals surface area contributed by atoms with Crippen LogP contribution in [0.3, 0.4) is 0 Å². The highest BCUT2D eigenvalue weighted by Gasteiger charge is 2.45. The highest BCUT2D eigenvalue weighted by Crippen LogP contribution is 2.44. The third-order valence-electron chi connectivity index (χ3n) is 6.19. The van der Waals surface area contributed by atoms with E-state index in [1.54, 1.807) is 11.4 Å². The first-order valence-electron chi connectivity index (χ1n) is 9.14. The molecule has 0 amide bonds. The molecule has 0 unspecified atom stereocenters. The van der Waals surface area contributed by atoms with Crippen molar-refractivity contribution in [2.75, 3.05) is 32.6 Å². The van der Waals surface area contributed by atoms with Gasteiger partial charge in [0.2, 0.25) is 10.0 Å². The molecule has 138 valence electrons. The van der Waals surface area contributed by atoms with Gasteiger partial charge in [-0.2, -0.15) is 4.31 Å². The molecule has 2 saturated heterocycles. The number of nitrogens with two attached hydrogens (primary N) is 1. The van der Waals surface area contributed by atoms with Crippen molar-refractivity contribution >= 4 is 10.0 Å². The van der Waals surface area contributed by atoms with E-state index in [1.165, 1.54) is 11.1 Å². The zero-order chi connectivity index (χ0) is 17.6. The zero-order valence-corrected chi connectivity index (χ0v) is 15.5. The smallest absolute Gasteiger partial charge is 0.227 e. The fraction of sp³-hybridized carbons (Fsp3) is 0.667. The first kappa shape index (κ1) is 17.3. The van der Waals surface area contributed by atoms with Crippen LogP contribution in [0, 0.1) is 5.92 Å². The minimum Gasteiger partial charge on any atom is -0.497 e.